The molecule has 6 nitrogen and oxygen atoms in total. The van der Waals surface area contributed by atoms with Crippen molar-refractivity contribution in [1.82, 2.24) is 0 Å². The largest absolute Gasteiger partial charge is 0.402 e. The first-order valence-corrected chi connectivity index (χ1v) is 7.56. The van der Waals surface area contributed by atoms with Crippen LogP contribution < -0.4 is 0 Å². The minimum absolute atomic E-state index is 0.211. The lowest BCUT2D eigenvalue weighted by Crippen LogP contribution is -2.05. The number of ether oxygens (including phenoxy) is 1. The first-order valence-electron chi connectivity index (χ1n) is 7.02. The molecule has 2 aromatic carbocycles. The number of cyclic esters (lactones) is 1. The van der Waals surface area contributed by atoms with Crippen LogP contribution in [0.2, 0.25) is 0 Å². The Morgan fingerprint density at radius 3 is 2.50 bits per heavy atom. The Kier molecular flexibility index (Phi) is 4.61. The average Bonchev–Trinajstić information content (AvgIpc) is 2.98. The second kappa shape index (κ2) is 7.00. The van der Waals surface area contributed by atoms with Crippen molar-refractivity contribution in [2.75, 3.05) is 0 Å². The fourth-order valence-electron chi connectivity index (χ4n) is 2.12. The first-order chi connectivity index (χ1) is 11.7. The van der Waals surface area contributed by atoms with E-state index in [4.69, 9.17) is 21.9 Å². The van der Waals surface area contributed by atoms with E-state index in [1.165, 1.54) is 0 Å². The van der Waals surface area contributed by atoms with Crippen molar-refractivity contribution >= 4 is 35.2 Å². The number of nitrogens with zero attached hydrogens (tertiary/aromatic N) is 4. The van der Waals surface area contributed by atoms with Gasteiger partial charge in [0.15, 0.2) is 5.70 Å². The molecule has 0 bridgehead atoms. The number of hydrogen-bond acceptors (Lipinski definition) is 4. The minimum Gasteiger partial charge on any atom is -0.402 e. The van der Waals surface area contributed by atoms with Crippen LogP contribution in [0.25, 0.3) is 16.5 Å². The SMILES string of the molecule is [N-]=[N+]=Nc1ccc(/C=C2\N=C(c3ccc(CCl)cc3)OC2=O)cc1. The maximum Gasteiger partial charge on any atom is 0.363 e. The summed E-state index contributed by atoms with van der Waals surface area (Å²) in [4.78, 5) is 18.9. The van der Waals surface area contributed by atoms with Crippen LogP contribution >= 0.6 is 11.6 Å². The molecule has 1 aliphatic rings. The lowest BCUT2D eigenvalue weighted by molar-refractivity contribution is -0.129. The number of carbonyl (C=O) groups excluding carboxylic acids is 1. The maximum absolute atomic E-state index is 12.0. The van der Waals surface area contributed by atoms with E-state index < -0.39 is 5.97 Å². The van der Waals surface area contributed by atoms with Gasteiger partial charge in [-0.15, -0.1) is 11.6 Å². The lowest BCUT2D eigenvalue weighted by atomic mass is 10.1. The summed E-state index contributed by atoms with van der Waals surface area (Å²) in [6.07, 6.45) is 1.61. The highest BCUT2D eigenvalue weighted by Crippen LogP contribution is 2.21. The van der Waals surface area contributed by atoms with Gasteiger partial charge in [0.25, 0.3) is 0 Å². The molecule has 0 aliphatic carbocycles. The smallest absolute Gasteiger partial charge is 0.363 e. The number of carbonyl (C=O) groups is 1. The van der Waals surface area contributed by atoms with Gasteiger partial charge in [0, 0.05) is 22.0 Å². The molecule has 0 N–H and O–H groups in total. The predicted octanol–water partition coefficient (Wildman–Crippen LogP) is 4.71. The summed E-state index contributed by atoms with van der Waals surface area (Å²) >= 11 is 5.76. The molecule has 0 saturated carbocycles. The average molecular weight is 339 g/mol. The van der Waals surface area contributed by atoms with Crippen LogP contribution in [-0.4, -0.2) is 11.9 Å². The molecule has 0 aromatic heterocycles. The van der Waals surface area contributed by atoms with E-state index in [-0.39, 0.29) is 11.6 Å². The first kappa shape index (κ1) is 15.8. The van der Waals surface area contributed by atoms with Gasteiger partial charge in [-0.2, -0.15) is 0 Å². The van der Waals surface area contributed by atoms with Gasteiger partial charge >= 0.3 is 5.97 Å². The Hall–Kier alpha value is -3.08. The zero-order valence-corrected chi connectivity index (χ0v) is 13.1. The second-order valence-electron chi connectivity index (χ2n) is 4.95. The molecule has 0 fully saturated rings. The molecule has 1 aliphatic heterocycles. The molecule has 2 aromatic rings. The molecule has 0 amide bonds. The molecule has 24 heavy (non-hydrogen) atoms. The van der Waals surface area contributed by atoms with Crippen molar-refractivity contribution in [2.45, 2.75) is 5.88 Å². The number of azide groups is 1. The number of esters is 1. The second-order valence-corrected chi connectivity index (χ2v) is 5.21. The zero-order chi connectivity index (χ0) is 16.9. The number of alkyl halides is 1. The topological polar surface area (TPSA) is 87.4 Å². The van der Waals surface area contributed by atoms with Crippen molar-refractivity contribution in [1.29, 1.82) is 0 Å². The van der Waals surface area contributed by atoms with Gasteiger partial charge in [0.1, 0.15) is 0 Å². The van der Waals surface area contributed by atoms with Crippen LogP contribution in [0.1, 0.15) is 16.7 Å². The van der Waals surface area contributed by atoms with Crippen molar-refractivity contribution in [3.63, 3.8) is 0 Å². The number of halogens is 1. The zero-order valence-electron chi connectivity index (χ0n) is 12.4. The predicted molar refractivity (Wildman–Crippen MR) is 91.9 cm³/mol. The van der Waals surface area contributed by atoms with Crippen LogP contribution in [0.3, 0.4) is 0 Å². The van der Waals surface area contributed by atoms with Gasteiger partial charge < -0.3 is 4.74 Å². The third kappa shape index (κ3) is 3.46. The van der Waals surface area contributed by atoms with Gasteiger partial charge in [0.2, 0.25) is 5.90 Å². The van der Waals surface area contributed by atoms with E-state index in [1.807, 2.05) is 12.1 Å². The highest BCUT2D eigenvalue weighted by atomic mass is 35.5. The van der Waals surface area contributed by atoms with E-state index >= 15 is 0 Å². The van der Waals surface area contributed by atoms with Crippen molar-refractivity contribution in [3.05, 3.63) is 81.4 Å². The summed E-state index contributed by atoms with van der Waals surface area (Å²) in [5.41, 5.74) is 11.5. The van der Waals surface area contributed by atoms with Crippen LogP contribution in [0.5, 0.6) is 0 Å². The van der Waals surface area contributed by atoms with Gasteiger partial charge in [-0.25, -0.2) is 9.79 Å². The van der Waals surface area contributed by atoms with Gasteiger partial charge in [0.05, 0.1) is 0 Å². The fourth-order valence-corrected chi connectivity index (χ4v) is 2.29. The van der Waals surface area contributed by atoms with Crippen molar-refractivity contribution in [2.24, 2.45) is 10.1 Å². The maximum atomic E-state index is 12.0. The third-order valence-corrected chi connectivity index (χ3v) is 3.64. The molecule has 0 unspecified atom stereocenters. The molecule has 7 heteroatoms. The molecule has 0 spiro atoms. The molecule has 0 saturated heterocycles. The Labute approximate surface area is 142 Å². The van der Waals surface area contributed by atoms with Crippen LogP contribution in [0, 0.1) is 0 Å². The van der Waals surface area contributed by atoms with Crippen LogP contribution in [-0.2, 0) is 15.4 Å². The molecular weight excluding hydrogens is 328 g/mol. The normalized spacial score (nSPS) is 15.0. The van der Waals surface area contributed by atoms with Crippen LogP contribution in [0.4, 0.5) is 5.69 Å². The summed E-state index contributed by atoms with van der Waals surface area (Å²) in [7, 11) is 0. The highest BCUT2D eigenvalue weighted by molar-refractivity contribution is 6.17. The summed E-state index contributed by atoms with van der Waals surface area (Å²) in [5, 5.41) is 3.49. The van der Waals surface area contributed by atoms with E-state index in [2.05, 4.69) is 15.0 Å². The molecule has 3 rings (SSSR count). The molecule has 1 heterocycles. The van der Waals surface area contributed by atoms with Crippen molar-refractivity contribution < 1.29 is 9.53 Å². The number of aliphatic imine (C=N–C) groups is 1. The Morgan fingerprint density at radius 2 is 1.88 bits per heavy atom. The Morgan fingerprint density at radius 1 is 1.17 bits per heavy atom. The highest BCUT2D eigenvalue weighted by Gasteiger charge is 2.23. The molecule has 0 atom stereocenters. The standard InChI is InChI=1S/C17H11ClN4O2/c18-10-12-1-5-13(6-2-12)16-20-15(17(23)24-16)9-11-3-7-14(8-4-11)21-22-19/h1-9H,10H2/b15-9-. The van der Waals surface area contributed by atoms with Crippen molar-refractivity contribution in [3.8, 4) is 0 Å². The molecule has 118 valence electrons. The number of benzene rings is 2. The van der Waals surface area contributed by atoms with E-state index in [0.717, 1.165) is 11.1 Å². The monoisotopic (exact) mass is 338 g/mol. The molecular formula is C17H11ClN4O2. The Bertz CT molecular complexity index is 880. The van der Waals surface area contributed by atoms with E-state index in [9.17, 15) is 4.79 Å². The Balaban J connectivity index is 1.86. The quantitative estimate of drug-likeness (QED) is 0.202. The van der Waals surface area contributed by atoms with E-state index in [0.29, 0.717) is 17.1 Å². The molecule has 0 radical (unpaired) electrons. The third-order valence-electron chi connectivity index (χ3n) is 3.33. The number of hydrogen-bond donors (Lipinski definition) is 0. The summed E-state index contributed by atoms with van der Waals surface area (Å²) in [5.74, 6) is 0.174. The summed E-state index contributed by atoms with van der Waals surface area (Å²) in [6, 6.07) is 14.1. The van der Waals surface area contributed by atoms with Gasteiger partial charge in [-0.1, -0.05) is 41.5 Å². The summed E-state index contributed by atoms with van der Waals surface area (Å²) in [6.45, 7) is 0. The van der Waals surface area contributed by atoms with Gasteiger partial charge in [-0.05, 0) is 34.9 Å². The minimum atomic E-state index is -0.509. The van der Waals surface area contributed by atoms with Crippen LogP contribution in [0.15, 0.2) is 64.3 Å². The fraction of sp³-hybridized carbons (Fsp3) is 0.0588. The summed E-state index contributed by atoms with van der Waals surface area (Å²) < 4.78 is 5.21. The van der Waals surface area contributed by atoms with E-state index in [1.54, 1.807) is 42.5 Å². The van der Waals surface area contributed by atoms with Gasteiger partial charge in [-0.3, -0.25) is 0 Å². The number of rotatable bonds is 4. The lowest BCUT2D eigenvalue weighted by Gasteiger charge is -2.00.